The van der Waals surface area contributed by atoms with Gasteiger partial charge in [-0.3, -0.25) is 0 Å². The molecular weight excluding hydrogens is 228 g/mol. The number of carbonyl (C=O) groups is 1. The van der Waals surface area contributed by atoms with Gasteiger partial charge >= 0.3 is 6.16 Å². The van der Waals surface area contributed by atoms with E-state index in [1.54, 1.807) is 6.92 Å². The van der Waals surface area contributed by atoms with E-state index in [1.165, 1.54) is 12.0 Å². The Kier molecular flexibility index (Phi) is 4.62. The summed E-state index contributed by atoms with van der Waals surface area (Å²) in [6.45, 7) is 2.15. The topological polar surface area (TPSA) is 35.5 Å². The SMILES string of the molecule is CCOC(=O)OC1CCCCC1c1ccccc1. The molecule has 3 heteroatoms. The Bertz CT molecular complexity index is 375. The molecule has 0 saturated heterocycles. The number of benzene rings is 1. The molecule has 1 aromatic carbocycles. The molecule has 0 amide bonds. The third-order valence-electron chi connectivity index (χ3n) is 3.44. The molecule has 2 unspecified atom stereocenters. The standard InChI is InChI=1S/C15H20O3/c1-2-17-15(16)18-14-11-7-6-10-13(14)12-8-4-3-5-9-12/h3-5,8-9,13-14H,2,6-7,10-11H2,1H3. The van der Waals surface area contributed by atoms with E-state index >= 15 is 0 Å². The lowest BCUT2D eigenvalue weighted by Gasteiger charge is -2.31. The van der Waals surface area contributed by atoms with E-state index in [-0.39, 0.29) is 6.10 Å². The van der Waals surface area contributed by atoms with Crippen LogP contribution in [0.3, 0.4) is 0 Å². The Labute approximate surface area is 108 Å². The molecule has 1 fully saturated rings. The van der Waals surface area contributed by atoms with Crippen LogP contribution in [0.4, 0.5) is 4.79 Å². The maximum absolute atomic E-state index is 11.4. The van der Waals surface area contributed by atoms with Crippen LogP contribution in [-0.2, 0) is 9.47 Å². The van der Waals surface area contributed by atoms with Crippen molar-refractivity contribution in [2.75, 3.05) is 6.61 Å². The first-order valence-electron chi connectivity index (χ1n) is 6.69. The van der Waals surface area contributed by atoms with Crippen LogP contribution in [0, 0.1) is 0 Å². The largest absolute Gasteiger partial charge is 0.508 e. The molecule has 0 radical (unpaired) electrons. The van der Waals surface area contributed by atoms with Gasteiger partial charge < -0.3 is 9.47 Å². The minimum Gasteiger partial charge on any atom is -0.435 e. The molecule has 1 aromatic rings. The summed E-state index contributed by atoms with van der Waals surface area (Å²) in [5.74, 6) is 0.310. The Morgan fingerprint density at radius 2 is 1.94 bits per heavy atom. The van der Waals surface area contributed by atoms with Gasteiger partial charge in [0.25, 0.3) is 0 Å². The van der Waals surface area contributed by atoms with Crippen molar-refractivity contribution in [3.05, 3.63) is 35.9 Å². The second-order valence-corrected chi connectivity index (χ2v) is 4.64. The van der Waals surface area contributed by atoms with E-state index in [0.717, 1.165) is 19.3 Å². The Morgan fingerprint density at radius 3 is 2.67 bits per heavy atom. The minimum absolute atomic E-state index is 0.0415. The fourth-order valence-electron chi connectivity index (χ4n) is 2.59. The first-order valence-corrected chi connectivity index (χ1v) is 6.69. The molecule has 1 aliphatic rings. The minimum atomic E-state index is -0.537. The molecule has 0 N–H and O–H groups in total. The van der Waals surface area contributed by atoms with E-state index in [1.807, 2.05) is 18.2 Å². The molecule has 1 aliphatic carbocycles. The van der Waals surface area contributed by atoms with Gasteiger partial charge in [-0.15, -0.1) is 0 Å². The molecule has 0 aliphatic heterocycles. The number of rotatable bonds is 3. The average Bonchev–Trinajstić information content (AvgIpc) is 2.40. The van der Waals surface area contributed by atoms with Crippen molar-refractivity contribution in [1.82, 2.24) is 0 Å². The van der Waals surface area contributed by atoms with E-state index in [2.05, 4.69) is 12.1 Å². The van der Waals surface area contributed by atoms with Crippen LogP contribution in [0.1, 0.15) is 44.1 Å². The fraction of sp³-hybridized carbons (Fsp3) is 0.533. The van der Waals surface area contributed by atoms with E-state index in [0.29, 0.717) is 12.5 Å². The summed E-state index contributed by atoms with van der Waals surface area (Å²) in [6.07, 6.45) is 3.74. The highest BCUT2D eigenvalue weighted by Gasteiger charge is 2.29. The average molecular weight is 248 g/mol. The van der Waals surface area contributed by atoms with Gasteiger partial charge in [-0.05, 0) is 31.7 Å². The van der Waals surface area contributed by atoms with E-state index in [4.69, 9.17) is 9.47 Å². The van der Waals surface area contributed by atoms with Crippen molar-refractivity contribution in [3.8, 4) is 0 Å². The predicted molar refractivity (Wildman–Crippen MR) is 69.5 cm³/mol. The van der Waals surface area contributed by atoms with E-state index in [9.17, 15) is 4.79 Å². The van der Waals surface area contributed by atoms with Crippen LogP contribution in [-0.4, -0.2) is 18.9 Å². The maximum Gasteiger partial charge on any atom is 0.508 e. The fourth-order valence-corrected chi connectivity index (χ4v) is 2.59. The normalized spacial score (nSPS) is 23.4. The molecule has 18 heavy (non-hydrogen) atoms. The summed E-state index contributed by atoms with van der Waals surface area (Å²) >= 11 is 0. The van der Waals surface area contributed by atoms with Crippen molar-refractivity contribution in [1.29, 1.82) is 0 Å². The predicted octanol–water partition coefficient (Wildman–Crippen LogP) is 3.89. The quantitative estimate of drug-likeness (QED) is 0.761. The van der Waals surface area contributed by atoms with Gasteiger partial charge in [0.2, 0.25) is 0 Å². The third kappa shape index (κ3) is 3.25. The molecule has 98 valence electrons. The molecule has 2 atom stereocenters. The Morgan fingerprint density at radius 1 is 1.22 bits per heavy atom. The molecule has 3 nitrogen and oxygen atoms in total. The Balaban J connectivity index is 2.04. The highest BCUT2D eigenvalue weighted by atomic mass is 16.7. The van der Waals surface area contributed by atoms with Gasteiger partial charge in [0, 0.05) is 5.92 Å². The molecule has 1 saturated carbocycles. The number of carbonyl (C=O) groups excluding carboxylic acids is 1. The molecular formula is C15H20O3. The Hall–Kier alpha value is -1.51. The second-order valence-electron chi connectivity index (χ2n) is 4.64. The van der Waals surface area contributed by atoms with Crippen LogP contribution in [0.15, 0.2) is 30.3 Å². The third-order valence-corrected chi connectivity index (χ3v) is 3.44. The van der Waals surface area contributed by atoms with Crippen molar-refractivity contribution >= 4 is 6.16 Å². The molecule has 0 bridgehead atoms. The first-order chi connectivity index (χ1) is 8.81. The summed E-state index contributed by atoms with van der Waals surface area (Å²) in [5.41, 5.74) is 1.26. The van der Waals surface area contributed by atoms with Crippen LogP contribution < -0.4 is 0 Å². The highest BCUT2D eigenvalue weighted by Crippen LogP contribution is 2.35. The lowest BCUT2D eigenvalue weighted by molar-refractivity contribution is 0.00495. The monoisotopic (exact) mass is 248 g/mol. The number of hydrogen-bond donors (Lipinski definition) is 0. The summed E-state index contributed by atoms with van der Waals surface area (Å²) in [5, 5.41) is 0. The van der Waals surface area contributed by atoms with Crippen LogP contribution in [0.5, 0.6) is 0 Å². The van der Waals surface area contributed by atoms with Gasteiger partial charge in [0.15, 0.2) is 0 Å². The van der Waals surface area contributed by atoms with Crippen LogP contribution in [0.25, 0.3) is 0 Å². The van der Waals surface area contributed by atoms with Gasteiger partial charge in [-0.25, -0.2) is 4.79 Å². The smallest absolute Gasteiger partial charge is 0.435 e. The molecule has 0 aromatic heterocycles. The summed E-state index contributed by atoms with van der Waals surface area (Å²) in [4.78, 5) is 11.4. The lowest BCUT2D eigenvalue weighted by atomic mass is 9.81. The van der Waals surface area contributed by atoms with Gasteiger partial charge in [-0.1, -0.05) is 36.8 Å². The van der Waals surface area contributed by atoms with Crippen molar-refractivity contribution in [2.45, 2.75) is 44.6 Å². The zero-order valence-corrected chi connectivity index (χ0v) is 10.8. The zero-order valence-electron chi connectivity index (χ0n) is 10.8. The van der Waals surface area contributed by atoms with Crippen molar-refractivity contribution in [3.63, 3.8) is 0 Å². The maximum atomic E-state index is 11.4. The number of hydrogen-bond acceptors (Lipinski definition) is 3. The van der Waals surface area contributed by atoms with E-state index < -0.39 is 6.16 Å². The van der Waals surface area contributed by atoms with Crippen molar-refractivity contribution in [2.24, 2.45) is 0 Å². The summed E-state index contributed by atoms with van der Waals surface area (Å²) in [6, 6.07) is 10.3. The molecule has 0 heterocycles. The summed E-state index contributed by atoms with van der Waals surface area (Å²) < 4.78 is 10.3. The van der Waals surface area contributed by atoms with Gasteiger partial charge in [0.1, 0.15) is 6.10 Å². The van der Waals surface area contributed by atoms with Crippen molar-refractivity contribution < 1.29 is 14.3 Å². The van der Waals surface area contributed by atoms with Gasteiger partial charge in [-0.2, -0.15) is 0 Å². The molecule has 0 spiro atoms. The van der Waals surface area contributed by atoms with Crippen LogP contribution >= 0.6 is 0 Å². The summed E-state index contributed by atoms with van der Waals surface area (Å²) in [7, 11) is 0. The highest BCUT2D eigenvalue weighted by molar-refractivity contribution is 5.60. The number of ether oxygens (including phenoxy) is 2. The zero-order chi connectivity index (χ0) is 12.8. The lowest BCUT2D eigenvalue weighted by Crippen LogP contribution is -2.29. The first kappa shape index (κ1) is 12.9. The second kappa shape index (κ2) is 6.43. The molecule has 2 rings (SSSR count). The van der Waals surface area contributed by atoms with Gasteiger partial charge in [0.05, 0.1) is 6.61 Å². The van der Waals surface area contributed by atoms with Crippen LogP contribution in [0.2, 0.25) is 0 Å².